The minimum absolute atomic E-state index is 0.0743. The molecule has 0 bridgehead atoms. The molecule has 2 nitrogen and oxygen atoms in total. The van der Waals surface area contributed by atoms with E-state index in [4.69, 9.17) is 34.8 Å². The third-order valence-electron chi connectivity index (χ3n) is 2.14. The highest BCUT2D eigenvalue weighted by Gasteiger charge is 2.22. The van der Waals surface area contributed by atoms with Gasteiger partial charge in [-0.15, -0.1) is 0 Å². The molecule has 0 heterocycles. The van der Waals surface area contributed by atoms with E-state index < -0.39 is 3.79 Å². The summed E-state index contributed by atoms with van der Waals surface area (Å²) < 4.78 is -1.44. The highest BCUT2D eigenvalue weighted by molar-refractivity contribution is 6.66. The van der Waals surface area contributed by atoms with E-state index in [2.05, 4.69) is 5.32 Å². The molecule has 0 aliphatic heterocycles. The number of alkyl halides is 3. The Morgan fingerprint density at radius 1 is 1.25 bits per heavy atom. The van der Waals surface area contributed by atoms with Crippen LogP contribution in [-0.4, -0.2) is 19.4 Å². The Labute approximate surface area is 110 Å². The van der Waals surface area contributed by atoms with Gasteiger partial charge < -0.3 is 5.32 Å². The van der Waals surface area contributed by atoms with Crippen molar-refractivity contribution in [3.05, 3.63) is 35.4 Å². The largest absolute Gasteiger partial charge is 0.319 e. The highest BCUT2D eigenvalue weighted by atomic mass is 35.6. The normalized spacial score (nSPS) is 11.5. The number of hydrogen-bond donors (Lipinski definition) is 1. The molecule has 5 heteroatoms. The number of halogens is 3. The number of benzene rings is 1. The van der Waals surface area contributed by atoms with Crippen LogP contribution in [0.15, 0.2) is 24.3 Å². The van der Waals surface area contributed by atoms with Gasteiger partial charge in [0.05, 0.1) is 0 Å². The summed E-state index contributed by atoms with van der Waals surface area (Å²) in [5, 5.41) is 2.92. The van der Waals surface area contributed by atoms with Gasteiger partial charge in [-0.05, 0) is 7.05 Å². The van der Waals surface area contributed by atoms with Gasteiger partial charge in [0.2, 0.25) is 3.79 Å². The van der Waals surface area contributed by atoms with E-state index in [0.29, 0.717) is 24.1 Å². The molecule has 0 aliphatic rings. The molecule has 1 rings (SSSR count). The van der Waals surface area contributed by atoms with E-state index in [1.807, 2.05) is 0 Å². The van der Waals surface area contributed by atoms with Crippen LogP contribution >= 0.6 is 34.8 Å². The van der Waals surface area contributed by atoms with E-state index in [9.17, 15) is 4.79 Å². The molecule has 0 atom stereocenters. The molecular weight excluding hydrogens is 268 g/mol. The molecule has 0 aliphatic carbocycles. The molecule has 1 aromatic carbocycles. The Bertz CT molecular complexity index is 356. The van der Waals surface area contributed by atoms with Crippen molar-refractivity contribution in [1.82, 2.24) is 5.32 Å². The van der Waals surface area contributed by atoms with E-state index in [1.54, 1.807) is 31.3 Å². The zero-order valence-corrected chi connectivity index (χ0v) is 11.0. The first-order valence-corrected chi connectivity index (χ1v) is 5.93. The topological polar surface area (TPSA) is 29.1 Å². The fourth-order valence-electron chi connectivity index (χ4n) is 1.23. The number of carbonyl (C=O) groups is 1. The standard InChI is InChI=1S/C11H12Cl3NO/c1-15-7-6-10(16)8-2-4-9(5-3-8)11(12,13)14/h2-5,15H,6-7H2,1H3. The zero-order chi connectivity index (χ0) is 12.2. The van der Waals surface area contributed by atoms with Gasteiger partial charge in [0, 0.05) is 24.1 Å². The number of nitrogens with one attached hydrogen (secondary N) is 1. The molecule has 88 valence electrons. The lowest BCUT2D eigenvalue weighted by atomic mass is 10.1. The fourth-order valence-corrected chi connectivity index (χ4v) is 1.61. The Morgan fingerprint density at radius 3 is 2.25 bits per heavy atom. The van der Waals surface area contributed by atoms with Crippen molar-refractivity contribution in [3.63, 3.8) is 0 Å². The number of carbonyl (C=O) groups excluding carboxylic acids is 1. The number of rotatable bonds is 4. The van der Waals surface area contributed by atoms with Crippen LogP contribution in [0, 0.1) is 0 Å². The molecule has 1 aromatic rings. The molecule has 0 saturated heterocycles. The van der Waals surface area contributed by atoms with Crippen molar-refractivity contribution in [1.29, 1.82) is 0 Å². The molecule has 0 saturated carbocycles. The Kier molecular flexibility index (Phi) is 5.06. The molecule has 0 fully saturated rings. The summed E-state index contributed by atoms with van der Waals surface area (Å²) in [5.74, 6) is 0.0743. The van der Waals surface area contributed by atoms with Crippen molar-refractivity contribution >= 4 is 40.6 Å². The van der Waals surface area contributed by atoms with Gasteiger partial charge in [0.15, 0.2) is 5.78 Å². The average Bonchev–Trinajstić information content (AvgIpc) is 2.25. The van der Waals surface area contributed by atoms with Crippen LogP contribution in [0.1, 0.15) is 22.3 Å². The van der Waals surface area contributed by atoms with E-state index in [0.717, 1.165) is 0 Å². The predicted molar refractivity (Wildman–Crippen MR) is 68.6 cm³/mol. The van der Waals surface area contributed by atoms with E-state index in [1.165, 1.54) is 0 Å². The second-order valence-electron chi connectivity index (χ2n) is 3.35. The van der Waals surface area contributed by atoms with Gasteiger partial charge in [-0.3, -0.25) is 4.79 Å². The molecular formula is C11H12Cl3NO. The van der Waals surface area contributed by atoms with E-state index in [-0.39, 0.29) is 5.78 Å². The minimum atomic E-state index is -1.44. The van der Waals surface area contributed by atoms with Gasteiger partial charge in [-0.2, -0.15) is 0 Å². The number of Topliss-reactive ketones (excluding diaryl/α,β-unsaturated/α-hetero) is 1. The lowest BCUT2D eigenvalue weighted by Crippen LogP contribution is -2.13. The van der Waals surface area contributed by atoms with Crippen LogP contribution in [0.3, 0.4) is 0 Å². The Hall–Kier alpha value is -0.280. The SMILES string of the molecule is CNCCC(=O)c1ccc(C(Cl)(Cl)Cl)cc1. The van der Waals surface area contributed by atoms with Gasteiger partial charge >= 0.3 is 0 Å². The predicted octanol–water partition coefficient (Wildman–Crippen LogP) is 3.31. The van der Waals surface area contributed by atoms with Crippen LogP contribution in [0.4, 0.5) is 0 Å². The van der Waals surface area contributed by atoms with Gasteiger partial charge in [-0.1, -0.05) is 59.1 Å². The second kappa shape index (κ2) is 5.87. The summed E-state index contributed by atoms with van der Waals surface area (Å²) in [7, 11) is 1.80. The van der Waals surface area contributed by atoms with Gasteiger partial charge in [0.1, 0.15) is 0 Å². The van der Waals surface area contributed by atoms with Crippen LogP contribution in [-0.2, 0) is 3.79 Å². The van der Waals surface area contributed by atoms with Crippen LogP contribution in [0.25, 0.3) is 0 Å². The molecule has 0 amide bonds. The molecule has 0 unspecified atom stereocenters. The maximum atomic E-state index is 11.6. The van der Waals surface area contributed by atoms with Gasteiger partial charge in [-0.25, -0.2) is 0 Å². The quantitative estimate of drug-likeness (QED) is 0.677. The monoisotopic (exact) mass is 279 g/mol. The Balaban J connectivity index is 2.75. The van der Waals surface area contributed by atoms with Crippen LogP contribution < -0.4 is 5.32 Å². The van der Waals surface area contributed by atoms with Crippen molar-refractivity contribution in [2.45, 2.75) is 10.2 Å². The first-order chi connectivity index (χ1) is 7.45. The van der Waals surface area contributed by atoms with Crippen LogP contribution in [0.2, 0.25) is 0 Å². The third-order valence-corrected chi connectivity index (χ3v) is 2.79. The second-order valence-corrected chi connectivity index (χ2v) is 5.63. The summed E-state index contributed by atoms with van der Waals surface area (Å²) in [6.07, 6.45) is 0.462. The van der Waals surface area contributed by atoms with Crippen LogP contribution in [0.5, 0.6) is 0 Å². The van der Waals surface area contributed by atoms with Crippen molar-refractivity contribution in [3.8, 4) is 0 Å². The average molecular weight is 281 g/mol. The maximum Gasteiger partial charge on any atom is 0.216 e. The van der Waals surface area contributed by atoms with Crippen molar-refractivity contribution in [2.75, 3.05) is 13.6 Å². The zero-order valence-electron chi connectivity index (χ0n) is 8.77. The van der Waals surface area contributed by atoms with Gasteiger partial charge in [0.25, 0.3) is 0 Å². The molecule has 16 heavy (non-hydrogen) atoms. The number of ketones is 1. The van der Waals surface area contributed by atoms with Crippen molar-refractivity contribution < 1.29 is 4.79 Å². The molecule has 0 spiro atoms. The highest BCUT2D eigenvalue weighted by Crippen LogP contribution is 2.37. The lowest BCUT2D eigenvalue weighted by Gasteiger charge is -2.11. The lowest BCUT2D eigenvalue weighted by molar-refractivity contribution is 0.0983. The molecule has 0 aromatic heterocycles. The summed E-state index contributed by atoms with van der Waals surface area (Å²) >= 11 is 17.1. The summed E-state index contributed by atoms with van der Waals surface area (Å²) in [6, 6.07) is 6.66. The van der Waals surface area contributed by atoms with E-state index >= 15 is 0 Å². The first-order valence-electron chi connectivity index (χ1n) is 4.80. The first kappa shape index (κ1) is 13.8. The third kappa shape index (κ3) is 3.95. The summed E-state index contributed by atoms with van der Waals surface area (Å²) in [4.78, 5) is 11.6. The number of hydrogen-bond acceptors (Lipinski definition) is 2. The smallest absolute Gasteiger partial charge is 0.216 e. The summed E-state index contributed by atoms with van der Waals surface area (Å²) in [6.45, 7) is 0.658. The molecule has 1 N–H and O–H groups in total. The molecule has 0 radical (unpaired) electrons. The minimum Gasteiger partial charge on any atom is -0.319 e. The Morgan fingerprint density at radius 2 is 1.81 bits per heavy atom. The summed E-state index contributed by atoms with van der Waals surface area (Å²) in [5.41, 5.74) is 1.19. The maximum absolute atomic E-state index is 11.6. The van der Waals surface area contributed by atoms with Crippen molar-refractivity contribution in [2.24, 2.45) is 0 Å². The fraction of sp³-hybridized carbons (Fsp3) is 0.364.